The van der Waals surface area contributed by atoms with E-state index in [0.717, 1.165) is 28.8 Å². The van der Waals surface area contributed by atoms with Crippen molar-refractivity contribution in [3.63, 3.8) is 0 Å². The highest BCUT2D eigenvalue weighted by Gasteiger charge is 2.16. The molecule has 31 heavy (non-hydrogen) atoms. The minimum atomic E-state index is -0.849. The van der Waals surface area contributed by atoms with Gasteiger partial charge in [-0.1, -0.05) is 67.6 Å². The molecule has 160 valence electrons. The number of carbonyl (C=O) groups excluding carboxylic acids is 2. The van der Waals surface area contributed by atoms with Crippen LogP contribution in [0.5, 0.6) is 0 Å². The summed E-state index contributed by atoms with van der Waals surface area (Å²) in [4.78, 5) is 24.1. The lowest BCUT2D eigenvalue weighted by Gasteiger charge is -2.11. The van der Waals surface area contributed by atoms with Crippen LogP contribution in [0.1, 0.15) is 31.4 Å². The highest BCUT2D eigenvalue weighted by molar-refractivity contribution is 5.91. The van der Waals surface area contributed by atoms with Crippen molar-refractivity contribution in [3.8, 4) is 11.3 Å². The predicted molar refractivity (Wildman–Crippen MR) is 121 cm³/mol. The lowest BCUT2D eigenvalue weighted by atomic mass is 10.1. The Morgan fingerprint density at radius 3 is 2.45 bits per heavy atom. The van der Waals surface area contributed by atoms with Crippen molar-refractivity contribution in [1.29, 1.82) is 0 Å². The number of hydrogen-bond acceptors (Lipinski definition) is 4. The summed E-state index contributed by atoms with van der Waals surface area (Å²) >= 11 is 0. The van der Waals surface area contributed by atoms with E-state index in [1.165, 1.54) is 6.08 Å². The number of benzene rings is 2. The van der Waals surface area contributed by atoms with Crippen molar-refractivity contribution in [2.75, 3.05) is 6.54 Å². The molecule has 3 aromatic rings. The van der Waals surface area contributed by atoms with Crippen LogP contribution in [-0.4, -0.2) is 34.3 Å². The van der Waals surface area contributed by atoms with Crippen LogP contribution in [0, 0.1) is 0 Å². The van der Waals surface area contributed by atoms with E-state index in [1.807, 2.05) is 78.5 Å². The number of nitrogens with zero attached hydrogens (tertiary/aromatic N) is 2. The van der Waals surface area contributed by atoms with Crippen molar-refractivity contribution in [3.05, 3.63) is 84.1 Å². The Labute approximate surface area is 182 Å². The van der Waals surface area contributed by atoms with Crippen molar-refractivity contribution in [2.45, 2.75) is 32.9 Å². The first-order chi connectivity index (χ1) is 15.1. The molecular weight excluding hydrogens is 390 g/mol. The number of esters is 1. The zero-order valence-electron chi connectivity index (χ0n) is 17.8. The first-order valence-corrected chi connectivity index (χ1v) is 10.4. The lowest BCUT2D eigenvalue weighted by molar-refractivity contribution is -0.150. The minimum Gasteiger partial charge on any atom is -0.449 e. The fraction of sp³-hybridized carbons (Fsp3) is 0.240. The van der Waals surface area contributed by atoms with E-state index in [1.54, 1.807) is 13.0 Å². The van der Waals surface area contributed by atoms with Crippen LogP contribution in [-0.2, 0) is 20.9 Å². The van der Waals surface area contributed by atoms with Gasteiger partial charge < -0.3 is 10.1 Å². The van der Waals surface area contributed by atoms with E-state index < -0.39 is 12.1 Å². The van der Waals surface area contributed by atoms with Gasteiger partial charge in [0.2, 0.25) is 0 Å². The molecule has 0 spiro atoms. The summed E-state index contributed by atoms with van der Waals surface area (Å²) in [5, 5.41) is 7.44. The van der Waals surface area contributed by atoms with Crippen LogP contribution < -0.4 is 5.32 Å². The molecule has 0 saturated heterocycles. The summed E-state index contributed by atoms with van der Waals surface area (Å²) < 4.78 is 7.06. The fourth-order valence-corrected chi connectivity index (χ4v) is 3.05. The van der Waals surface area contributed by atoms with Gasteiger partial charge in [0.1, 0.15) is 0 Å². The third kappa shape index (κ3) is 6.40. The first kappa shape index (κ1) is 22.0. The average Bonchev–Trinajstić information content (AvgIpc) is 3.19. The van der Waals surface area contributed by atoms with Crippen LogP contribution in [0.15, 0.2) is 72.9 Å². The van der Waals surface area contributed by atoms with Gasteiger partial charge >= 0.3 is 5.97 Å². The predicted octanol–water partition coefficient (Wildman–Crippen LogP) is 4.07. The maximum Gasteiger partial charge on any atom is 0.331 e. The highest BCUT2D eigenvalue weighted by atomic mass is 16.5. The van der Waals surface area contributed by atoms with E-state index >= 15 is 0 Å². The maximum atomic E-state index is 12.2. The van der Waals surface area contributed by atoms with Crippen molar-refractivity contribution in [2.24, 2.45) is 0 Å². The summed E-state index contributed by atoms with van der Waals surface area (Å²) in [7, 11) is 0. The molecule has 1 N–H and O–H groups in total. The van der Waals surface area contributed by atoms with Crippen LogP contribution >= 0.6 is 0 Å². The van der Waals surface area contributed by atoms with E-state index in [2.05, 4.69) is 5.32 Å². The Kier molecular flexibility index (Phi) is 7.76. The third-order valence-electron chi connectivity index (χ3n) is 4.63. The minimum absolute atomic E-state index is 0.302. The molecule has 1 amide bonds. The summed E-state index contributed by atoms with van der Waals surface area (Å²) in [5.41, 5.74) is 3.65. The Morgan fingerprint density at radius 2 is 1.77 bits per heavy atom. The number of aromatic nitrogens is 2. The standard InChI is InChI=1S/C25H27N3O3/c1-3-16-26-25(30)19(2)31-23(29)15-14-22-18-28(17-20-10-6-4-7-11-20)27-24(22)21-12-8-5-9-13-21/h4-15,18-19H,3,16-17H2,1-2H3,(H,26,30)/b15-14+/t19-/m1/s1. The van der Waals surface area contributed by atoms with E-state index in [9.17, 15) is 9.59 Å². The van der Waals surface area contributed by atoms with Crippen molar-refractivity contribution in [1.82, 2.24) is 15.1 Å². The van der Waals surface area contributed by atoms with Crippen LogP contribution in [0.2, 0.25) is 0 Å². The monoisotopic (exact) mass is 417 g/mol. The van der Waals surface area contributed by atoms with E-state index in [0.29, 0.717) is 13.1 Å². The summed E-state index contributed by atoms with van der Waals surface area (Å²) in [6, 6.07) is 19.8. The molecule has 1 atom stereocenters. The van der Waals surface area contributed by atoms with E-state index in [-0.39, 0.29) is 5.91 Å². The number of nitrogens with one attached hydrogen (secondary N) is 1. The number of hydrogen-bond donors (Lipinski definition) is 1. The number of rotatable bonds is 9. The molecule has 3 rings (SSSR count). The SMILES string of the molecule is CCCNC(=O)[C@@H](C)OC(=O)/C=C/c1cn(Cc2ccccc2)nc1-c1ccccc1. The van der Waals surface area contributed by atoms with Crippen LogP contribution in [0.25, 0.3) is 17.3 Å². The average molecular weight is 418 g/mol. The zero-order valence-corrected chi connectivity index (χ0v) is 17.8. The zero-order chi connectivity index (χ0) is 22.1. The molecule has 6 nitrogen and oxygen atoms in total. The molecule has 0 unspecified atom stereocenters. The molecule has 0 aliphatic heterocycles. The second-order valence-electron chi connectivity index (χ2n) is 7.19. The van der Waals surface area contributed by atoms with Gasteiger partial charge in [0, 0.05) is 29.9 Å². The van der Waals surface area contributed by atoms with Gasteiger partial charge in [0.25, 0.3) is 5.91 Å². The Morgan fingerprint density at radius 1 is 1.10 bits per heavy atom. The smallest absolute Gasteiger partial charge is 0.331 e. The van der Waals surface area contributed by atoms with Crippen molar-refractivity contribution < 1.29 is 14.3 Å². The van der Waals surface area contributed by atoms with Gasteiger partial charge in [0.15, 0.2) is 6.10 Å². The molecular formula is C25H27N3O3. The molecule has 0 fully saturated rings. The van der Waals surface area contributed by atoms with Gasteiger partial charge in [-0.15, -0.1) is 0 Å². The summed E-state index contributed by atoms with van der Waals surface area (Å²) in [6.45, 7) is 4.69. The number of ether oxygens (including phenoxy) is 1. The van der Waals surface area contributed by atoms with Crippen LogP contribution in [0.3, 0.4) is 0 Å². The molecule has 0 aliphatic carbocycles. The topological polar surface area (TPSA) is 73.2 Å². The maximum absolute atomic E-state index is 12.2. The molecule has 0 aliphatic rings. The fourth-order valence-electron chi connectivity index (χ4n) is 3.05. The molecule has 1 aromatic heterocycles. The summed E-state index contributed by atoms with van der Waals surface area (Å²) in [5.74, 6) is -0.877. The van der Waals surface area contributed by atoms with Gasteiger partial charge in [-0.05, 0) is 25.0 Å². The largest absolute Gasteiger partial charge is 0.449 e. The van der Waals surface area contributed by atoms with Gasteiger partial charge in [-0.3, -0.25) is 9.48 Å². The van der Waals surface area contributed by atoms with Gasteiger partial charge in [-0.2, -0.15) is 5.10 Å². The molecule has 1 heterocycles. The Balaban J connectivity index is 1.77. The summed E-state index contributed by atoms with van der Waals surface area (Å²) in [6.07, 6.45) is 4.88. The van der Waals surface area contributed by atoms with Crippen molar-refractivity contribution >= 4 is 18.0 Å². The quantitative estimate of drug-likeness (QED) is 0.421. The van der Waals surface area contributed by atoms with Gasteiger partial charge in [-0.25, -0.2) is 4.79 Å². The Bertz CT molecular complexity index is 1030. The first-order valence-electron chi connectivity index (χ1n) is 10.4. The second-order valence-corrected chi connectivity index (χ2v) is 7.19. The number of carbonyl (C=O) groups is 2. The Hall–Kier alpha value is -3.67. The molecule has 0 saturated carbocycles. The van der Waals surface area contributed by atoms with Crippen LogP contribution in [0.4, 0.5) is 0 Å². The molecule has 6 heteroatoms. The lowest BCUT2D eigenvalue weighted by Crippen LogP contribution is -2.35. The van der Waals surface area contributed by atoms with Gasteiger partial charge in [0.05, 0.1) is 12.2 Å². The normalized spacial score (nSPS) is 11.9. The highest BCUT2D eigenvalue weighted by Crippen LogP contribution is 2.23. The third-order valence-corrected chi connectivity index (χ3v) is 4.63. The molecule has 2 aromatic carbocycles. The second kappa shape index (κ2) is 10.9. The molecule has 0 radical (unpaired) electrons. The van der Waals surface area contributed by atoms with E-state index in [4.69, 9.17) is 9.84 Å². The molecule has 0 bridgehead atoms. The number of amides is 1.